The van der Waals surface area contributed by atoms with Gasteiger partial charge in [0.2, 0.25) is 0 Å². The summed E-state index contributed by atoms with van der Waals surface area (Å²) in [6.45, 7) is 2.19. The number of aliphatic carboxylic acids is 1. The van der Waals surface area contributed by atoms with E-state index >= 15 is 0 Å². The Hall–Kier alpha value is -3.72. The number of ether oxygens (including phenoxy) is 1. The van der Waals surface area contributed by atoms with E-state index in [1.807, 2.05) is 19.1 Å². The number of hydrogen-bond donors (Lipinski definition) is 3. The molecule has 0 radical (unpaired) electrons. The molecule has 1 aromatic heterocycles. The number of rotatable bonds is 9. The molecular weight excluding hydrogens is 466 g/mol. The van der Waals surface area contributed by atoms with Gasteiger partial charge >= 0.3 is 12.0 Å². The zero-order valence-corrected chi connectivity index (χ0v) is 20.2. The van der Waals surface area contributed by atoms with Crippen LogP contribution >= 0.6 is 11.3 Å². The van der Waals surface area contributed by atoms with Gasteiger partial charge in [-0.1, -0.05) is 47.9 Å². The van der Waals surface area contributed by atoms with Crippen LogP contribution in [0, 0.1) is 12.8 Å². The number of carboxylic acids is 1. The lowest BCUT2D eigenvalue weighted by molar-refractivity contribution is -0.136. The van der Waals surface area contributed by atoms with Crippen molar-refractivity contribution in [3.05, 3.63) is 70.2 Å². The topological polar surface area (TPSA) is 118 Å². The van der Waals surface area contributed by atoms with Gasteiger partial charge in [0.05, 0.1) is 17.0 Å². The second kappa shape index (κ2) is 11.1. The van der Waals surface area contributed by atoms with Crippen molar-refractivity contribution in [3.63, 3.8) is 0 Å². The van der Waals surface area contributed by atoms with Gasteiger partial charge < -0.3 is 15.2 Å². The number of nitrogens with zero attached hydrogens (tertiary/aromatic N) is 1. The van der Waals surface area contributed by atoms with Gasteiger partial charge in [-0.25, -0.2) is 9.78 Å². The number of ketones is 1. The molecule has 1 heterocycles. The molecule has 1 fully saturated rings. The van der Waals surface area contributed by atoms with Crippen LogP contribution in [0.3, 0.4) is 0 Å². The van der Waals surface area contributed by atoms with Crippen molar-refractivity contribution in [3.8, 4) is 5.75 Å². The molecule has 3 N–H and O–H groups in total. The first-order valence-corrected chi connectivity index (χ1v) is 12.3. The lowest BCUT2D eigenvalue weighted by atomic mass is 9.94. The number of benzene rings is 2. The summed E-state index contributed by atoms with van der Waals surface area (Å²) in [4.78, 5) is 41.4. The zero-order chi connectivity index (χ0) is 24.8. The van der Waals surface area contributed by atoms with Crippen LogP contribution < -0.4 is 15.4 Å². The van der Waals surface area contributed by atoms with Crippen LogP contribution in [-0.2, 0) is 17.8 Å². The smallest absolute Gasteiger partial charge is 0.325 e. The Labute approximate surface area is 207 Å². The number of anilines is 2. The summed E-state index contributed by atoms with van der Waals surface area (Å²) in [5, 5.41) is 14.8. The Kier molecular flexibility index (Phi) is 7.77. The van der Waals surface area contributed by atoms with Gasteiger partial charge in [0.25, 0.3) is 0 Å². The summed E-state index contributed by atoms with van der Waals surface area (Å²) >= 11 is 1.28. The standard InChI is InChI=1S/C26H27N3O5S/c1-16-6-11-22(21(12-16)24(32)18-4-2-3-5-18)28-25(33)29-26-27-14-20(35-26)15-34-19-9-7-17(8-10-19)13-23(30)31/h6-12,14,18H,2-5,13,15H2,1H3,(H,30,31)(H2,27,28,29,33). The van der Waals surface area contributed by atoms with E-state index in [0.29, 0.717) is 27.7 Å². The number of hydrogen-bond acceptors (Lipinski definition) is 6. The molecule has 35 heavy (non-hydrogen) atoms. The van der Waals surface area contributed by atoms with Gasteiger partial charge in [0.15, 0.2) is 10.9 Å². The van der Waals surface area contributed by atoms with E-state index in [4.69, 9.17) is 9.84 Å². The minimum atomic E-state index is -0.883. The quantitative estimate of drug-likeness (QED) is 0.330. The first-order chi connectivity index (χ1) is 16.9. The van der Waals surface area contributed by atoms with Crippen LogP contribution in [0.4, 0.5) is 15.6 Å². The first kappa shape index (κ1) is 24.4. The molecule has 9 heteroatoms. The fourth-order valence-electron chi connectivity index (χ4n) is 4.09. The molecule has 2 aromatic carbocycles. The van der Waals surface area contributed by atoms with E-state index < -0.39 is 12.0 Å². The number of thiazole rings is 1. The summed E-state index contributed by atoms with van der Waals surface area (Å²) in [6.07, 6.45) is 5.52. The highest BCUT2D eigenvalue weighted by atomic mass is 32.1. The maximum Gasteiger partial charge on any atom is 0.325 e. The summed E-state index contributed by atoms with van der Waals surface area (Å²) in [6, 6.07) is 11.9. The van der Waals surface area contributed by atoms with Crippen molar-refractivity contribution in [1.29, 1.82) is 0 Å². The number of carboxylic acid groups (broad SMARTS) is 1. The van der Waals surface area contributed by atoms with Crippen molar-refractivity contribution >= 4 is 39.9 Å². The van der Waals surface area contributed by atoms with Crippen molar-refractivity contribution in [1.82, 2.24) is 4.98 Å². The number of nitrogens with one attached hydrogen (secondary N) is 2. The number of aryl methyl sites for hydroxylation is 1. The number of urea groups is 1. The molecule has 1 saturated carbocycles. The van der Waals surface area contributed by atoms with Crippen LogP contribution in [-0.4, -0.2) is 27.9 Å². The second-order valence-electron chi connectivity index (χ2n) is 8.61. The fourth-order valence-corrected chi connectivity index (χ4v) is 4.81. The summed E-state index contributed by atoms with van der Waals surface area (Å²) in [7, 11) is 0. The van der Waals surface area contributed by atoms with Gasteiger partial charge in [0.1, 0.15) is 12.4 Å². The van der Waals surface area contributed by atoms with E-state index in [-0.39, 0.29) is 24.7 Å². The molecule has 0 spiro atoms. The minimum absolute atomic E-state index is 0.0234. The van der Waals surface area contributed by atoms with E-state index in [2.05, 4.69) is 15.6 Å². The van der Waals surface area contributed by atoms with Gasteiger partial charge in [-0.3, -0.25) is 14.9 Å². The average molecular weight is 494 g/mol. The number of aromatic nitrogens is 1. The Morgan fingerprint density at radius 1 is 1.09 bits per heavy atom. The van der Waals surface area contributed by atoms with Crippen LogP contribution in [0.5, 0.6) is 5.75 Å². The highest BCUT2D eigenvalue weighted by molar-refractivity contribution is 7.15. The maximum absolute atomic E-state index is 13.0. The Morgan fingerprint density at radius 2 is 1.83 bits per heavy atom. The van der Waals surface area contributed by atoms with Crippen LogP contribution in [0.2, 0.25) is 0 Å². The lowest BCUT2D eigenvalue weighted by Gasteiger charge is -2.14. The Balaban J connectivity index is 1.33. The number of carbonyl (C=O) groups excluding carboxylic acids is 2. The van der Waals surface area contributed by atoms with Crippen LogP contribution in [0.1, 0.15) is 52.0 Å². The molecule has 0 unspecified atom stereocenters. The molecule has 0 aliphatic heterocycles. The average Bonchev–Trinajstić information content (AvgIpc) is 3.51. The van der Waals surface area contributed by atoms with E-state index in [1.54, 1.807) is 36.5 Å². The molecule has 0 saturated heterocycles. The molecule has 0 bridgehead atoms. The highest BCUT2D eigenvalue weighted by Crippen LogP contribution is 2.31. The second-order valence-corrected chi connectivity index (χ2v) is 9.72. The third kappa shape index (κ3) is 6.66. The first-order valence-electron chi connectivity index (χ1n) is 11.5. The zero-order valence-electron chi connectivity index (χ0n) is 19.4. The largest absolute Gasteiger partial charge is 0.488 e. The highest BCUT2D eigenvalue weighted by Gasteiger charge is 2.26. The molecule has 8 nitrogen and oxygen atoms in total. The number of carbonyl (C=O) groups is 3. The van der Waals surface area contributed by atoms with E-state index in [9.17, 15) is 14.4 Å². The third-order valence-corrected chi connectivity index (χ3v) is 6.73. The van der Waals surface area contributed by atoms with Crippen molar-refractivity contribution in [2.75, 3.05) is 10.6 Å². The molecular formula is C26H27N3O5S. The van der Waals surface area contributed by atoms with Gasteiger partial charge in [-0.15, -0.1) is 0 Å². The van der Waals surface area contributed by atoms with Gasteiger partial charge in [-0.05, 0) is 49.6 Å². The molecule has 1 aliphatic rings. The molecule has 4 rings (SSSR count). The SMILES string of the molecule is Cc1ccc(NC(=O)Nc2ncc(COc3ccc(CC(=O)O)cc3)s2)c(C(=O)C2CCCC2)c1. The monoisotopic (exact) mass is 493 g/mol. The van der Waals surface area contributed by atoms with Crippen molar-refractivity contribution in [2.45, 2.75) is 45.6 Å². The summed E-state index contributed by atoms with van der Waals surface area (Å²) in [5.41, 5.74) is 2.71. The normalized spacial score (nSPS) is 13.4. The van der Waals surface area contributed by atoms with Gasteiger partial charge in [0, 0.05) is 17.7 Å². The lowest BCUT2D eigenvalue weighted by Crippen LogP contribution is -2.22. The van der Waals surface area contributed by atoms with E-state index in [0.717, 1.165) is 36.1 Å². The van der Waals surface area contributed by atoms with Gasteiger partial charge in [-0.2, -0.15) is 0 Å². The Morgan fingerprint density at radius 3 is 2.54 bits per heavy atom. The number of amides is 2. The minimum Gasteiger partial charge on any atom is -0.488 e. The van der Waals surface area contributed by atoms with E-state index in [1.165, 1.54) is 11.3 Å². The van der Waals surface area contributed by atoms with Crippen LogP contribution in [0.25, 0.3) is 0 Å². The fraction of sp³-hybridized carbons (Fsp3) is 0.308. The Bertz CT molecular complexity index is 1220. The summed E-state index contributed by atoms with van der Waals surface area (Å²) < 4.78 is 5.73. The molecule has 3 aromatic rings. The predicted molar refractivity (Wildman–Crippen MR) is 134 cm³/mol. The third-order valence-electron chi connectivity index (χ3n) is 5.85. The van der Waals surface area contributed by atoms with Crippen LogP contribution in [0.15, 0.2) is 48.7 Å². The van der Waals surface area contributed by atoms with Crippen molar-refractivity contribution in [2.24, 2.45) is 5.92 Å². The number of Topliss-reactive ketones (excluding diaryl/α,β-unsaturated/α-hetero) is 1. The molecule has 2 amide bonds. The van der Waals surface area contributed by atoms with Crippen molar-refractivity contribution < 1.29 is 24.2 Å². The predicted octanol–water partition coefficient (Wildman–Crippen LogP) is 5.67. The maximum atomic E-state index is 13.0. The molecule has 182 valence electrons. The molecule has 0 atom stereocenters. The molecule has 1 aliphatic carbocycles. The summed E-state index contributed by atoms with van der Waals surface area (Å²) in [5.74, 6) is -0.161.